The van der Waals surface area contributed by atoms with Gasteiger partial charge in [-0.05, 0) is 83.7 Å². The third-order valence-electron chi connectivity index (χ3n) is 12.1. The maximum Gasteiger partial charge on any atom is 0.305 e. The fourth-order valence-electron chi connectivity index (χ4n) is 7.71. The van der Waals surface area contributed by atoms with Gasteiger partial charge in [0.15, 0.2) is 0 Å². The maximum atomic E-state index is 13.7. The minimum absolute atomic E-state index is 0.00788. The number of hydrogen-bond donors (Lipinski definition) is 1. The second kappa shape index (κ2) is 38.2. The topological polar surface area (TPSA) is 172 Å². The minimum atomic E-state index is -1.63. The van der Waals surface area contributed by atoms with Crippen molar-refractivity contribution in [3.63, 3.8) is 0 Å². The van der Waals surface area contributed by atoms with Gasteiger partial charge in [-0.1, -0.05) is 86.5 Å². The molecule has 0 aromatic carbocycles. The minimum Gasteiger partial charge on any atom is -0.463 e. The summed E-state index contributed by atoms with van der Waals surface area (Å²) in [6, 6.07) is 0. The molecule has 0 atom stereocenters. The summed E-state index contributed by atoms with van der Waals surface area (Å²) in [6.45, 7) is 17.5. The molecule has 15 nitrogen and oxygen atoms in total. The highest BCUT2D eigenvalue weighted by Crippen LogP contribution is 2.16. The Kier molecular flexibility index (Phi) is 34.9. The van der Waals surface area contributed by atoms with Gasteiger partial charge in [0.1, 0.15) is 25.4 Å². The summed E-state index contributed by atoms with van der Waals surface area (Å²) in [4.78, 5) is 101. The summed E-state index contributed by atoms with van der Waals surface area (Å²) < 4.78 is 17.3. The van der Waals surface area contributed by atoms with Crippen LogP contribution in [0.15, 0.2) is 0 Å². The number of nitrogens with zero attached hydrogens (tertiary/aromatic N) is 4. The van der Waals surface area contributed by atoms with Crippen LogP contribution >= 0.6 is 0 Å². The van der Waals surface area contributed by atoms with E-state index in [1.165, 1.54) is 0 Å². The van der Waals surface area contributed by atoms with E-state index in [9.17, 15) is 33.6 Å². The molecule has 0 aromatic heterocycles. The van der Waals surface area contributed by atoms with Gasteiger partial charge in [-0.25, -0.2) is 0 Å². The molecule has 4 amide bonds. The molecule has 1 N–H and O–H groups in total. The van der Waals surface area contributed by atoms with E-state index in [-0.39, 0.29) is 87.8 Å². The van der Waals surface area contributed by atoms with E-state index in [4.69, 9.17) is 14.2 Å². The first kappa shape index (κ1) is 60.3. The standard InChI is InChI=1S/C51H93N5O10/c1-7-13-34-54(35-14-8-2)45(58)25-22-28-48(61)64-41-51(52-44(57)31-40-53-32-20-19-21-33-53,42-65-49(62)29-23-26-46(59)55(36-15-9-3)37-16-10-4)43-66-50(63)30-24-27-47(60)56(38-17-11-5)39-18-12-6/h7-43H2,1-6H3,(H,52,57). The lowest BCUT2D eigenvalue weighted by atomic mass is 10.0. The monoisotopic (exact) mass is 936 g/mol. The quantitative estimate of drug-likeness (QED) is 0.0465. The number of nitrogens with one attached hydrogen (secondary N) is 1. The largest absolute Gasteiger partial charge is 0.463 e. The fourth-order valence-corrected chi connectivity index (χ4v) is 7.71. The maximum absolute atomic E-state index is 13.7. The zero-order chi connectivity index (χ0) is 48.8. The number of amides is 4. The van der Waals surface area contributed by atoms with Crippen LogP contribution < -0.4 is 5.32 Å². The smallest absolute Gasteiger partial charge is 0.305 e. The number of esters is 3. The van der Waals surface area contributed by atoms with Crippen molar-refractivity contribution in [3.8, 4) is 0 Å². The second-order valence-electron chi connectivity index (χ2n) is 18.3. The molecule has 15 heteroatoms. The Labute approximate surface area is 399 Å². The van der Waals surface area contributed by atoms with E-state index in [2.05, 4.69) is 51.8 Å². The third kappa shape index (κ3) is 28.4. The first-order valence-electron chi connectivity index (χ1n) is 26.2. The predicted molar refractivity (Wildman–Crippen MR) is 259 cm³/mol. The van der Waals surface area contributed by atoms with E-state index >= 15 is 0 Å². The number of unbranched alkanes of at least 4 members (excludes halogenated alkanes) is 6. The average molecular weight is 936 g/mol. The third-order valence-corrected chi connectivity index (χ3v) is 12.1. The highest BCUT2D eigenvalue weighted by atomic mass is 16.6. The van der Waals surface area contributed by atoms with Crippen molar-refractivity contribution < 1.29 is 47.8 Å². The summed E-state index contributed by atoms with van der Waals surface area (Å²) in [7, 11) is 0. The summed E-state index contributed by atoms with van der Waals surface area (Å²) in [5.41, 5.74) is -1.63. The van der Waals surface area contributed by atoms with Crippen LogP contribution in [0.25, 0.3) is 0 Å². The molecule has 1 aliphatic rings. The van der Waals surface area contributed by atoms with Gasteiger partial charge in [0.2, 0.25) is 23.6 Å². The van der Waals surface area contributed by atoms with E-state index in [0.717, 1.165) is 109 Å². The van der Waals surface area contributed by atoms with Crippen LogP contribution in [0.3, 0.4) is 0 Å². The fraction of sp³-hybridized carbons (Fsp3) is 0.863. The predicted octanol–water partition coefficient (Wildman–Crippen LogP) is 8.14. The Balaban J connectivity index is 3.23. The van der Waals surface area contributed by atoms with E-state index in [0.29, 0.717) is 45.8 Å². The number of hydrogen-bond acceptors (Lipinski definition) is 11. The van der Waals surface area contributed by atoms with Gasteiger partial charge in [0, 0.05) is 90.8 Å². The number of carbonyl (C=O) groups excluding carboxylic acids is 7. The van der Waals surface area contributed by atoms with Crippen LogP contribution in [0, 0.1) is 0 Å². The SMILES string of the molecule is CCCCN(CCCC)C(=O)CCCC(=O)OCC(COC(=O)CCCC(=O)N(CCCC)CCCC)(COC(=O)CCCC(=O)N(CCCC)CCCC)NC(=O)CCN1CCCCC1. The van der Waals surface area contributed by atoms with Crippen LogP contribution in [0.4, 0.5) is 0 Å². The van der Waals surface area contributed by atoms with Gasteiger partial charge >= 0.3 is 17.9 Å². The van der Waals surface area contributed by atoms with Crippen LogP contribution in [0.5, 0.6) is 0 Å². The Bertz CT molecular complexity index is 1220. The zero-order valence-corrected chi connectivity index (χ0v) is 42.5. The highest BCUT2D eigenvalue weighted by molar-refractivity contribution is 5.79. The van der Waals surface area contributed by atoms with Gasteiger partial charge in [-0.3, -0.25) is 33.6 Å². The molecule has 0 unspecified atom stereocenters. The molecular formula is C51H93N5O10. The van der Waals surface area contributed by atoms with Crippen LogP contribution in [-0.4, -0.2) is 145 Å². The van der Waals surface area contributed by atoms with Gasteiger partial charge in [-0.15, -0.1) is 0 Å². The average Bonchev–Trinajstić information content (AvgIpc) is 3.31. The molecule has 1 aliphatic heterocycles. The first-order chi connectivity index (χ1) is 31.9. The molecule has 1 fully saturated rings. The molecule has 0 saturated carbocycles. The number of rotatable bonds is 40. The van der Waals surface area contributed by atoms with Crippen molar-refractivity contribution >= 4 is 41.5 Å². The number of likely N-dealkylation sites (tertiary alicyclic amines) is 1. The summed E-state index contributed by atoms with van der Waals surface area (Å²) in [5.74, 6) is -2.23. The highest BCUT2D eigenvalue weighted by Gasteiger charge is 2.38. The van der Waals surface area contributed by atoms with E-state index in [1.807, 2.05) is 14.7 Å². The lowest BCUT2D eigenvalue weighted by molar-refractivity contribution is -0.159. The molecule has 382 valence electrons. The second-order valence-corrected chi connectivity index (χ2v) is 18.3. The molecule has 0 aromatic rings. The Morgan fingerprint density at radius 1 is 0.424 bits per heavy atom. The Morgan fingerprint density at radius 2 is 0.727 bits per heavy atom. The van der Waals surface area contributed by atoms with Crippen molar-refractivity contribution in [1.29, 1.82) is 0 Å². The molecule has 0 bridgehead atoms. The van der Waals surface area contributed by atoms with Gasteiger partial charge < -0.3 is 39.1 Å². The number of ether oxygens (including phenoxy) is 3. The van der Waals surface area contributed by atoms with Crippen molar-refractivity contribution in [1.82, 2.24) is 24.9 Å². The lowest BCUT2D eigenvalue weighted by Crippen LogP contribution is -2.59. The molecule has 1 rings (SSSR count). The van der Waals surface area contributed by atoms with Gasteiger partial charge in [0.05, 0.1) is 0 Å². The Hall–Kier alpha value is -3.75. The first-order valence-corrected chi connectivity index (χ1v) is 26.2. The van der Waals surface area contributed by atoms with Crippen LogP contribution in [-0.2, 0) is 47.8 Å². The molecule has 1 heterocycles. The van der Waals surface area contributed by atoms with Crippen molar-refractivity contribution in [2.24, 2.45) is 0 Å². The molecule has 0 radical (unpaired) electrons. The molecule has 66 heavy (non-hydrogen) atoms. The van der Waals surface area contributed by atoms with E-state index < -0.39 is 43.3 Å². The summed E-state index contributed by atoms with van der Waals surface area (Å²) in [5, 5.41) is 2.94. The van der Waals surface area contributed by atoms with Crippen molar-refractivity contribution in [2.75, 3.05) is 78.7 Å². The molecule has 0 aliphatic carbocycles. The zero-order valence-electron chi connectivity index (χ0n) is 42.5. The molecule has 0 spiro atoms. The van der Waals surface area contributed by atoms with Gasteiger partial charge in [0.25, 0.3) is 0 Å². The summed E-state index contributed by atoms with van der Waals surface area (Å²) in [6.07, 6.45) is 15.8. The normalized spacial score (nSPS) is 12.9. The number of piperidine rings is 1. The Morgan fingerprint density at radius 3 is 1.02 bits per heavy atom. The van der Waals surface area contributed by atoms with Crippen LogP contribution in [0.1, 0.15) is 202 Å². The van der Waals surface area contributed by atoms with Crippen molar-refractivity contribution in [3.05, 3.63) is 0 Å². The van der Waals surface area contributed by atoms with E-state index in [1.54, 1.807) is 0 Å². The molecule has 1 saturated heterocycles. The summed E-state index contributed by atoms with van der Waals surface area (Å²) >= 11 is 0. The lowest BCUT2D eigenvalue weighted by Gasteiger charge is -2.34. The number of carbonyl (C=O) groups is 7. The van der Waals surface area contributed by atoms with Crippen LogP contribution in [0.2, 0.25) is 0 Å². The van der Waals surface area contributed by atoms with Gasteiger partial charge in [-0.2, -0.15) is 0 Å². The molecular weight excluding hydrogens is 843 g/mol. The van der Waals surface area contributed by atoms with Crippen molar-refractivity contribution in [2.45, 2.75) is 208 Å².